The highest BCUT2D eigenvalue weighted by Gasteiger charge is 2.28. The number of aromatic nitrogens is 1. The zero-order valence-corrected chi connectivity index (χ0v) is 14.4. The van der Waals surface area contributed by atoms with Gasteiger partial charge in [-0.1, -0.05) is 48.5 Å². The Morgan fingerprint density at radius 3 is 2.38 bits per heavy atom. The van der Waals surface area contributed by atoms with Gasteiger partial charge in [0.05, 0.1) is 12.0 Å². The third-order valence-corrected chi connectivity index (χ3v) is 5.43. The van der Waals surface area contributed by atoms with E-state index >= 15 is 0 Å². The Hall–Kier alpha value is -2.13. The average molecular weight is 334 g/mol. The standard InChI is InChI=1S/C21H20NOS/c1-3-9-16(10-4-1)15-24-21-18-13-7-8-14-19(18)23-20(22-21)17-11-5-2-6-12-17/h1-6,9-12H,7-8,13-15H2/q+1. The van der Waals surface area contributed by atoms with E-state index in [1.54, 1.807) is 0 Å². The van der Waals surface area contributed by atoms with Crippen molar-refractivity contribution in [3.63, 3.8) is 0 Å². The van der Waals surface area contributed by atoms with Crippen LogP contribution >= 0.6 is 11.8 Å². The van der Waals surface area contributed by atoms with Crippen LogP contribution in [0.15, 0.2) is 70.1 Å². The lowest BCUT2D eigenvalue weighted by Crippen LogP contribution is -2.07. The molecule has 1 aromatic heterocycles. The minimum absolute atomic E-state index is 0.742. The van der Waals surface area contributed by atoms with Crippen molar-refractivity contribution in [2.24, 2.45) is 0 Å². The Morgan fingerprint density at radius 1 is 0.875 bits per heavy atom. The Balaban J connectivity index is 1.68. The molecule has 24 heavy (non-hydrogen) atoms. The lowest BCUT2D eigenvalue weighted by molar-refractivity contribution is 0.440. The van der Waals surface area contributed by atoms with Crippen LogP contribution in [-0.2, 0) is 18.6 Å². The molecule has 0 amide bonds. The molecular weight excluding hydrogens is 314 g/mol. The Bertz CT molecular complexity index is 818. The second kappa shape index (κ2) is 7.18. The van der Waals surface area contributed by atoms with E-state index in [0.29, 0.717) is 0 Å². The molecule has 120 valence electrons. The maximum absolute atomic E-state index is 6.15. The van der Waals surface area contributed by atoms with Crippen LogP contribution in [0.4, 0.5) is 0 Å². The number of fused-ring (bicyclic) bond motifs is 1. The van der Waals surface area contributed by atoms with E-state index < -0.39 is 0 Å². The van der Waals surface area contributed by atoms with Crippen LogP contribution in [0, 0.1) is 0 Å². The van der Waals surface area contributed by atoms with Crippen molar-refractivity contribution in [3.05, 3.63) is 77.6 Å². The SMILES string of the molecule is c1ccc(CSc2nc(-c3ccccc3)[o+]c3c2CCCC3)cc1. The fraction of sp³-hybridized carbons (Fsp3) is 0.238. The van der Waals surface area contributed by atoms with Crippen LogP contribution in [0.1, 0.15) is 29.7 Å². The van der Waals surface area contributed by atoms with Gasteiger partial charge in [0, 0.05) is 5.75 Å². The summed E-state index contributed by atoms with van der Waals surface area (Å²) in [6.45, 7) is 0. The van der Waals surface area contributed by atoms with Gasteiger partial charge in [-0.2, -0.15) is 4.42 Å². The van der Waals surface area contributed by atoms with Gasteiger partial charge < -0.3 is 0 Å². The number of thioether (sulfide) groups is 1. The largest absolute Gasteiger partial charge is 0.460 e. The van der Waals surface area contributed by atoms with E-state index in [1.165, 1.54) is 24.0 Å². The van der Waals surface area contributed by atoms with Crippen molar-refractivity contribution in [1.82, 2.24) is 4.98 Å². The van der Waals surface area contributed by atoms with Gasteiger partial charge >= 0.3 is 11.7 Å². The fourth-order valence-corrected chi connectivity index (χ4v) is 4.10. The zero-order valence-electron chi connectivity index (χ0n) is 13.6. The molecule has 4 rings (SSSR count). The lowest BCUT2D eigenvalue weighted by atomic mass is 9.98. The van der Waals surface area contributed by atoms with Crippen molar-refractivity contribution in [1.29, 1.82) is 0 Å². The summed E-state index contributed by atoms with van der Waals surface area (Å²) < 4.78 is 6.15. The minimum Gasteiger partial charge on any atom is -0.192 e. The normalized spacial score (nSPS) is 13.5. The van der Waals surface area contributed by atoms with Crippen LogP contribution in [0.5, 0.6) is 0 Å². The molecule has 1 aliphatic rings. The van der Waals surface area contributed by atoms with Gasteiger partial charge in [-0.05, 0) is 37.0 Å². The quantitative estimate of drug-likeness (QED) is 0.445. The van der Waals surface area contributed by atoms with Gasteiger partial charge in [-0.15, -0.1) is 16.7 Å². The minimum atomic E-state index is 0.742. The predicted molar refractivity (Wildman–Crippen MR) is 99.0 cm³/mol. The summed E-state index contributed by atoms with van der Waals surface area (Å²) in [6.07, 6.45) is 4.54. The molecule has 2 nitrogen and oxygen atoms in total. The molecule has 0 unspecified atom stereocenters. The molecule has 1 aliphatic carbocycles. The smallest absolute Gasteiger partial charge is 0.192 e. The predicted octanol–water partition coefficient (Wildman–Crippen LogP) is 5.79. The topological polar surface area (TPSA) is 24.2 Å². The highest BCUT2D eigenvalue weighted by Crippen LogP contribution is 2.34. The highest BCUT2D eigenvalue weighted by atomic mass is 32.2. The van der Waals surface area contributed by atoms with E-state index in [0.717, 1.165) is 40.8 Å². The maximum Gasteiger partial charge on any atom is 0.460 e. The van der Waals surface area contributed by atoms with E-state index in [9.17, 15) is 0 Å². The van der Waals surface area contributed by atoms with Gasteiger partial charge in [-0.3, -0.25) is 0 Å². The number of hydrogen-bond donors (Lipinski definition) is 0. The summed E-state index contributed by atoms with van der Waals surface area (Å²) in [5.41, 5.74) is 3.70. The number of benzene rings is 2. The van der Waals surface area contributed by atoms with Gasteiger partial charge in [0.25, 0.3) is 0 Å². The van der Waals surface area contributed by atoms with E-state index in [1.807, 2.05) is 30.0 Å². The zero-order chi connectivity index (χ0) is 16.2. The van der Waals surface area contributed by atoms with Crippen LogP contribution in [0.2, 0.25) is 0 Å². The van der Waals surface area contributed by atoms with Crippen molar-refractivity contribution in [2.45, 2.75) is 36.5 Å². The molecule has 3 heteroatoms. The van der Waals surface area contributed by atoms with Crippen LogP contribution in [0.25, 0.3) is 11.5 Å². The summed E-state index contributed by atoms with van der Waals surface area (Å²) in [5, 5.41) is 1.14. The molecule has 0 atom stereocenters. The lowest BCUT2D eigenvalue weighted by Gasteiger charge is -2.11. The number of aryl methyl sites for hydroxylation is 1. The molecule has 3 aromatic rings. The molecular formula is C21H20NOS+. The molecule has 0 fully saturated rings. The number of hydrogen-bond acceptors (Lipinski definition) is 2. The van der Waals surface area contributed by atoms with Crippen LogP contribution in [0.3, 0.4) is 0 Å². The first-order chi connectivity index (χ1) is 11.9. The van der Waals surface area contributed by atoms with Crippen LogP contribution < -0.4 is 0 Å². The molecule has 1 heterocycles. The summed E-state index contributed by atoms with van der Waals surface area (Å²) in [4.78, 5) is 4.87. The number of rotatable bonds is 4. The highest BCUT2D eigenvalue weighted by molar-refractivity contribution is 7.98. The Morgan fingerprint density at radius 2 is 1.58 bits per heavy atom. The van der Waals surface area contributed by atoms with E-state index in [-0.39, 0.29) is 0 Å². The van der Waals surface area contributed by atoms with Crippen molar-refractivity contribution >= 4 is 11.8 Å². The van der Waals surface area contributed by atoms with E-state index in [4.69, 9.17) is 9.40 Å². The van der Waals surface area contributed by atoms with E-state index in [2.05, 4.69) is 42.5 Å². The number of nitrogens with zero attached hydrogens (tertiary/aromatic N) is 1. The summed E-state index contributed by atoms with van der Waals surface area (Å²) >= 11 is 1.83. The summed E-state index contributed by atoms with van der Waals surface area (Å²) in [6, 6.07) is 20.8. The second-order valence-electron chi connectivity index (χ2n) is 6.07. The first kappa shape index (κ1) is 15.4. The molecule has 0 N–H and O–H groups in total. The molecule has 0 bridgehead atoms. The van der Waals surface area contributed by atoms with Crippen molar-refractivity contribution in [2.75, 3.05) is 0 Å². The maximum atomic E-state index is 6.15. The van der Waals surface area contributed by atoms with Gasteiger partial charge in [0.1, 0.15) is 10.6 Å². The average Bonchev–Trinajstić information content (AvgIpc) is 2.67. The van der Waals surface area contributed by atoms with Crippen molar-refractivity contribution in [3.8, 4) is 11.5 Å². The Kier molecular flexibility index (Phi) is 4.61. The second-order valence-corrected chi connectivity index (χ2v) is 7.04. The molecule has 0 radical (unpaired) electrons. The molecule has 0 saturated carbocycles. The van der Waals surface area contributed by atoms with Gasteiger partial charge in [0.15, 0.2) is 0 Å². The van der Waals surface area contributed by atoms with Gasteiger partial charge in [-0.25, -0.2) is 0 Å². The van der Waals surface area contributed by atoms with Crippen LogP contribution in [-0.4, -0.2) is 4.98 Å². The molecule has 0 aliphatic heterocycles. The third-order valence-electron chi connectivity index (χ3n) is 4.34. The summed E-state index contributed by atoms with van der Waals surface area (Å²) in [5.74, 6) is 2.82. The van der Waals surface area contributed by atoms with Crippen molar-refractivity contribution < 1.29 is 4.42 Å². The first-order valence-corrected chi connectivity index (χ1v) is 9.47. The Labute approximate surface area is 147 Å². The first-order valence-electron chi connectivity index (χ1n) is 8.48. The molecule has 2 aromatic carbocycles. The molecule has 0 spiro atoms. The monoisotopic (exact) mass is 334 g/mol. The summed E-state index contributed by atoms with van der Waals surface area (Å²) in [7, 11) is 0. The third kappa shape index (κ3) is 3.36. The van der Waals surface area contributed by atoms with Gasteiger partial charge in [0.2, 0.25) is 0 Å². The molecule has 0 saturated heterocycles. The fourth-order valence-electron chi connectivity index (χ4n) is 3.07.